The van der Waals surface area contributed by atoms with Gasteiger partial charge in [0.1, 0.15) is 0 Å². The lowest BCUT2D eigenvalue weighted by Gasteiger charge is -2.28. The van der Waals surface area contributed by atoms with Crippen molar-refractivity contribution in [2.75, 3.05) is 38.0 Å². The lowest BCUT2D eigenvalue weighted by Crippen LogP contribution is -2.42. The van der Waals surface area contributed by atoms with E-state index in [4.69, 9.17) is 5.21 Å². The highest BCUT2D eigenvalue weighted by molar-refractivity contribution is 5.90. The molecule has 3 heterocycles. The Bertz CT molecular complexity index is 736. The van der Waals surface area contributed by atoms with Crippen molar-refractivity contribution in [2.45, 2.75) is 31.7 Å². The molecule has 0 radical (unpaired) electrons. The van der Waals surface area contributed by atoms with Gasteiger partial charge in [0.15, 0.2) is 11.6 Å². The largest absolute Gasteiger partial charge is 0.363 e. The van der Waals surface area contributed by atoms with Crippen LogP contribution in [0.3, 0.4) is 0 Å². The molecule has 2 aliphatic rings. The maximum atomic E-state index is 14.3. The van der Waals surface area contributed by atoms with Gasteiger partial charge in [-0.05, 0) is 50.1 Å². The number of anilines is 1. The Labute approximate surface area is 163 Å². The minimum atomic E-state index is -0.706. The molecule has 1 atom stereocenters. The molecule has 9 heteroatoms. The number of nitrogens with zero attached hydrogens (tertiary/aromatic N) is 3. The summed E-state index contributed by atoms with van der Waals surface area (Å²) in [5, 5.41) is 11.5. The Kier molecular flexibility index (Phi) is 6.94. The maximum Gasteiger partial charge on any atom is 0.267 e. The minimum absolute atomic E-state index is 0.0473. The van der Waals surface area contributed by atoms with Crippen LogP contribution in [-0.4, -0.2) is 70.6 Å². The Morgan fingerprint density at radius 2 is 2.07 bits per heavy atom. The summed E-state index contributed by atoms with van der Waals surface area (Å²) < 4.78 is 14.3. The summed E-state index contributed by atoms with van der Waals surface area (Å²) in [4.78, 5) is 31.6. The van der Waals surface area contributed by atoms with Crippen LogP contribution in [0.25, 0.3) is 6.08 Å². The van der Waals surface area contributed by atoms with Crippen LogP contribution in [0.5, 0.6) is 0 Å². The van der Waals surface area contributed by atoms with Crippen molar-refractivity contribution in [1.29, 1.82) is 0 Å². The van der Waals surface area contributed by atoms with Crippen molar-refractivity contribution in [3.05, 3.63) is 29.7 Å². The number of hydrogen-bond acceptors (Lipinski definition) is 6. The second-order valence-corrected chi connectivity index (χ2v) is 7.21. The molecule has 28 heavy (non-hydrogen) atoms. The number of nitrogens with one attached hydrogen (secondary N) is 2. The topological polar surface area (TPSA) is 97.8 Å². The second-order valence-electron chi connectivity index (χ2n) is 7.21. The third-order valence-corrected chi connectivity index (χ3v) is 5.09. The molecule has 8 nitrogen and oxygen atoms in total. The van der Waals surface area contributed by atoms with Gasteiger partial charge in [0.2, 0.25) is 5.91 Å². The first-order valence-electron chi connectivity index (χ1n) is 9.59. The molecular formula is C19H26FN5O3. The van der Waals surface area contributed by atoms with Crippen LogP contribution < -0.4 is 10.8 Å². The molecule has 2 amide bonds. The Morgan fingerprint density at radius 1 is 1.29 bits per heavy atom. The molecule has 152 valence electrons. The second kappa shape index (κ2) is 9.61. The summed E-state index contributed by atoms with van der Waals surface area (Å²) in [7, 11) is 0. The highest BCUT2D eigenvalue weighted by Gasteiger charge is 2.28. The average molecular weight is 391 g/mol. The zero-order chi connectivity index (χ0) is 19.9. The van der Waals surface area contributed by atoms with Gasteiger partial charge in [-0.25, -0.2) is 14.9 Å². The highest BCUT2D eigenvalue weighted by Crippen LogP contribution is 2.19. The van der Waals surface area contributed by atoms with Crippen molar-refractivity contribution in [1.82, 2.24) is 20.3 Å². The van der Waals surface area contributed by atoms with Crippen molar-refractivity contribution >= 4 is 23.7 Å². The summed E-state index contributed by atoms with van der Waals surface area (Å²) in [5.74, 6) is -0.992. The SMILES string of the molecule is O=C(/C=C/c1cnc(NC2CCN(C(=O)CN3CCCCC3)C2)c(F)c1)NO. The summed E-state index contributed by atoms with van der Waals surface area (Å²) in [6.45, 7) is 3.62. The molecule has 1 aromatic heterocycles. The molecule has 3 N–H and O–H groups in total. The number of pyridine rings is 1. The van der Waals surface area contributed by atoms with Gasteiger partial charge in [0.05, 0.1) is 6.54 Å². The minimum Gasteiger partial charge on any atom is -0.363 e. The molecule has 0 aliphatic carbocycles. The van der Waals surface area contributed by atoms with Crippen molar-refractivity contribution in [2.24, 2.45) is 0 Å². The van der Waals surface area contributed by atoms with Gasteiger partial charge in [0.25, 0.3) is 5.91 Å². The monoisotopic (exact) mass is 391 g/mol. The first-order valence-corrected chi connectivity index (χ1v) is 9.59. The van der Waals surface area contributed by atoms with Gasteiger partial charge in [-0.2, -0.15) is 0 Å². The first kappa shape index (κ1) is 20.2. The number of aromatic nitrogens is 1. The number of rotatable bonds is 6. The molecule has 0 aromatic carbocycles. The number of likely N-dealkylation sites (tertiary alicyclic amines) is 2. The molecule has 2 fully saturated rings. The predicted molar refractivity (Wildman–Crippen MR) is 102 cm³/mol. The van der Waals surface area contributed by atoms with E-state index in [1.54, 1.807) is 0 Å². The highest BCUT2D eigenvalue weighted by atomic mass is 19.1. The lowest BCUT2D eigenvalue weighted by molar-refractivity contribution is -0.131. The summed E-state index contributed by atoms with van der Waals surface area (Å²) in [6.07, 6.45) is 8.14. The standard InChI is InChI=1S/C19H26FN5O3/c20-16-10-14(4-5-17(26)23-28)11-21-19(16)22-15-6-9-25(12-15)18(27)13-24-7-2-1-3-8-24/h4-5,10-11,15,28H,1-3,6-9,12-13H2,(H,21,22)(H,23,26)/b5-4+. The van der Waals surface area contributed by atoms with E-state index in [9.17, 15) is 14.0 Å². The molecule has 0 bridgehead atoms. The van der Waals surface area contributed by atoms with Crippen LogP contribution >= 0.6 is 0 Å². The number of hydrogen-bond donors (Lipinski definition) is 3. The van der Waals surface area contributed by atoms with E-state index in [-0.39, 0.29) is 17.8 Å². The van der Waals surface area contributed by atoms with Crippen LogP contribution in [0.1, 0.15) is 31.2 Å². The van der Waals surface area contributed by atoms with E-state index in [0.717, 1.165) is 38.4 Å². The normalized spacial score (nSPS) is 20.5. The van der Waals surface area contributed by atoms with E-state index in [0.29, 0.717) is 25.2 Å². The average Bonchev–Trinajstić information content (AvgIpc) is 3.17. The van der Waals surface area contributed by atoms with Gasteiger partial charge >= 0.3 is 0 Å². The molecule has 2 aliphatic heterocycles. The van der Waals surface area contributed by atoms with E-state index in [2.05, 4.69) is 15.2 Å². The zero-order valence-electron chi connectivity index (χ0n) is 15.7. The zero-order valence-corrected chi connectivity index (χ0v) is 15.7. The van der Waals surface area contributed by atoms with E-state index in [1.165, 1.54) is 30.2 Å². The molecule has 0 saturated carbocycles. The van der Waals surface area contributed by atoms with Crippen LogP contribution in [0.2, 0.25) is 0 Å². The molecule has 2 saturated heterocycles. The van der Waals surface area contributed by atoms with Gasteiger partial charge in [-0.1, -0.05) is 6.42 Å². The fourth-order valence-electron chi connectivity index (χ4n) is 3.57. The van der Waals surface area contributed by atoms with Crippen LogP contribution in [0.15, 0.2) is 18.3 Å². The summed E-state index contributed by atoms with van der Waals surface area (Å²) in [6, 6.07) is 1.21. The first-order chi connectivity index (χ1) is 13.5. The molecule has 0 spiro atoms. The number of halogens is 1. The Hall–Kier alpha value is -2.52. The maximum absolute atomic E-state index is 14.3. The smallest absolute Gasteiger partial charge is 0.267 e. The van der Waals surface area contributed by atoms with Gasteiger partial charge in [0, 0.05) is 31.4 Å². The van der Waals surface area contributed by atoms with E-state index in [1.807, 2.05) is 4.90 Å². The van der Waals surface area contributed by atoms with Gasteiger partial charge in [-0.3, -0.25) is 19.7 Å². The number of carbonyl (C=O) groups is 2. The van der Waals surface area contributed by atoms with Crippen LogP contribution in [-0.2, 0) is 9.59 Å². The fraction of sp³-hybridized carbons (Fsp3) is 0.526. The number of piperidine rings is 1. The molecular weight excluding hydrogens is 365 g/mol. The van der Waals surface area contributed by atoms with Gasteiger partial charge in [-0.15, -0.1) is 0 Å². The third kappa shape index (κ3) is 5.49. The Balaban J connectivity index is 1.51. The molecule has 1 unspecified atom stereocenters. The van der Waals surface area contributed by atoms with Crippen molar-refractivity contribution in [3.8, 4) is 0 Å². The predicted octanol–water partition coefficient (Wildman–Crippen LogP) is 1.24. The van der Waals surface area contributed by atoms with E-state index < -0.39 is 11.7 Å². The summed E-state index contributed by atoms with van der Waals surface area (Å²) >= 11 is 0. The van der Waals surface area contributed by atoms with Crippen molar-refractivity contribution in [3.63, 3.8) is 0 Å². The van der Waals surface area contributed by atoms with Crippen molar-refractivity contribution < 1.29 is 19.2 Å². The number of carbonyl (C=O) groups excluding carboxylic acids is 2. The fourth-order valence-corrected chi connectivity index (χ4v) is 3.57. The molecule has 1 aromatic rings. The van der Waals surface area contributed by atoms with Crippen LogP contribution in [0.4, 0.5) is 10.2 Å². The lowest BCUT2D eigenvalue weighted by atomic mass is 10.1. The summed E-state index contributed by atoms with van der Waals surface area (Å²) in [5.41, 5.74) is 1.86. The quantitative estimate of drug-likeness (QED) is 0.383. The number of amides is 2. The van der Waals surface area contributed by atoms with Crippen LogP contribution in [0, 0.1) is 5.82 Å². The Morgan fingerprint density at radius 3 is 2.79 bits per heavy atom. The van der Waals surface area contributed by atoms with Gasteiger partial charge < -0.3 is 10.2 Å². The molecule has 3 rings (SSSR count). The van der Waals surface area contributed by atoms with E-state index >= 15 is 0 Å². The number of hydroxylamine groups is 1. The third-order valence-electron chi connectivity index (χ3n) is 5.09.